The number of thioether (sulfide) groups is 1. The number of unbranched alkanes of at least 4 members (excludes halogenated alkanes) is 1. The molecular weight excluding hydrogens is 476 g/mol. The van der Waals surface area contributed by atoms with Gasteiger partial charge in [0.1, 0.15) is 6.04 Å². The molecule has 8 atom stereocenters. The predicted molar refractivity (Wildman–Crippen MR) is 143 cm³/mol. The largest absolute Gasteiger partial charge is 0.465 e. The van der Waals surface area contributed by atoms with Crippen molar-refractivity contribution in [2.24, 2.45) is 23.7 Å². The highest BCUT2D eigenvalue weighted by Gasteiger charge is 2.77. The Kier molecular flexibility index (Phi) is 9.36. The maximum atomic E-state index is 14.3. The first-order valence-electron chi connectivity index (χ1n) is 13.4. The van der Waals surface area contributed by atoms with Crippen LogP contribution in [0.4, 0.5) is 0 Å². The van der Waals surface area contributed by atoms with Crippen molar-refractivity contribution in [3.8, 4) is 0 Å². The molecule has 8 heteroatoms. The van der Waals surface area contributed by atoms with Gasteiger partial charge in [0.25, 0.3) is 0 Å². The molecule has 1 spiro atoms. The van der Waals surface area contributed by atoms with Gasteiger partial charge in [-0.2, -0.15) is 0 Å². The number of carbonyl (C=O) groups is 3. The summed E-state index contributed by atoms with van der Waals surface area (Å²) >= 11 is 1.64. The highest BCUT2D eigenvalue weighted by molar-refractivity contribution is 8.02. The summed E-state index contributed by atoms with van der Waals surface area (Å²) in [6.07, 6.45) is 6.46. The first kappa shape index (κ1) is 28.8. The van der Waals surface area contributed by atoms with Gasteiger partial charge in [-0.05, 0) is 44.9 Å². The molecule has 3 unspecified atom stereocenters. The van der Waals surface area contributed by atoms with Crippen LogP contribution in [0.1, 0.15) is 60.3 Å². The summed E-state index contributed by atoms with van der Waals surface area (Å²) in [6.45, 7) is 18.0. The van der Waals surface area contributed by atoms with E-state index in [4.69, 9.17) is 4.74 Å². The fourth-order valence-electron chi connectivity index (χ4n) is 6.53. The number of allylic oxidation sites excluding steroid dienone is 1. The van der Waals surface area contributed by atoms with Gasteiger partial charge in [-0.15, -0.1) is 24.9 Å². The minimum atomic E-state index is -0.743. The van der Waals surface area contributed by atoms with E-state index in [9.17, 15) is 19.5 Å². The number of ether oxygens (including phenoxy) is 1. The van der Waals surface area contributed by atoms with Crippen LogP contribution in [-0.2, 0) is 19.1 Å². The van der Waals surface area contributed by atoms with Gasteiger partial charge in [0, 0.05) is 17.8 Å². The van der Waals surface area contributed by atoms with Crippen molar-refractivity contribution in [2.75, 3.05) is 19.8 Å². The number of likely N-dealkylation sites (tertiary alicyclic amines) is 1. The molecule has 3 fully saturated rings. The summed E-state index contributed by atoms with van der Waals surface area (Å²) in [6, 6.07) is -1.32. The van der Waals surface area contributed by atoms with Gasteiger partial charge in [-0.25, -0.2) is 0 Å². The van der Waals surface area contributed by atoms with Crippen LogP contribution in [0.5, 0.6) is 0 Å². The van der Waals surface area contributed by atoms with Crippen LogP contribution < -0.4 is 0 Å². The van der Waals surface area contributed by atoms with E-state index in [2.05, 4.69) is 20.1 Å². The second-order valence-corrected chi connectivity index (χ2v) is 12.5. The average Bonchev–Trinajstić information content (AvgIpc) is 3.44. The lowest BCUT2D eigenvalue weighted by atomic mass is 9.66. The van der Waals surface area contributed by atoms with Gasteiger partial charge in [-0.3, -0.25) is 14.4 Å². The van der Waals surface area contributed by atoms with E-state index >= 15 is 0 Å². The van der Waals surface area contributed by atoms with Gasteiger partial charge < -0.3 is 19.6 Å². The van der Waals surface area contributed by atoms with Crippen molar-refractivity contribution in [1.82, 2.24) is 9.80 Å². The van der Waals surface area contributed by atoms with Crippen molar-refractivity contribution in [2.45, 2.75) is 88.4 Å². The van der Waals surface area contributed by atoms with Crippen molar-refractivity contribution in [3.63, 3.8) is 0 Å². The fourth-order valence-corrected chi connectivity index (χ4v) is 8.92. The average molecular weight is 521 g/mol. The topological polar surface area (TPSA) is 87.1 Å². The number of hydrogen-bond donors (Lipinski definition) is 1. The van der Waals surface area contributed by atoms with E-state index < -0.39 is 28.7 Å². The number of rotatable bonds is 13. The van der Waals surface area contributed by atoms with Crippen molar-refractivity contribution >= 4 is 29.5 Å². The minimum Gasteiger partial charge on any atom is -0.465 e. The fraction of sp³-hybridized carbons (Fsp3) is 0.750. The molecule has 3 rings (SSSR count). The normalized spacial score (nSPS) is 32.4. The van der Waals surface area contributed by atoms with E-state index in [-0.39, 0.29) is 47.5 Å². The van der Waals surface area contributed by atoms with Gasteiger partial charge in [-0.1, -0.05) is 39.3 Å². The van der Waals surface area contributed by atoms with Crippen LogP contribution >= 0.6 is 11.8 Å². The van der Waals surface area contributed by atoms with Gasteiger partial charge in [0.05, 0.1) is 35.8 Å². The van der Waals surface area contributed by atoms with Crippen molar-refractivity contribution in [3.05, 3.63) is 25.3 Å². The lowest BCUT2D eigenvalue weighted by Gasteiger charge is -2.43. The monoisotopic (exact) mass is 520 g/mol. The third kappa shape index (κ3) is 4.64. The SMILES string of the molecule is C=CCCCOC(=O)[C@@H]1[C@H]2C(=O)N([C@@H](CO)[C@@H](C)CC)C(C(=O)N(CC=C)C(C)C)C23S[C@@H]1CC3C. The zero-order valence-electron chi connectivity index (χ0n) is 22.5. The predicted octanol–water partition coefficient (Wildman–Crippen LogP) is 3.66. The molecule has 0 aromatic rings. The smallest absolute Gasteiger partial charge is 0.310 e. The number of hydrogen-bond acceptors (Lipinski definition) is 6. The molecule has 3 heterocycles. The highest BCUT2D eigenvalue weighted by atomic mass is 32.2. The highest BCUT2D eigenvalue weighted by Crippen LogP contribution is 2.69. The van der Waals surface area contributed by atoms with Crippen LogP contribution in [0.3, 0.4) is 0 Å². The molecule has 3 aliphatic heterocycles. The Morgan fingerprint density at radius 2 is 2.00 bits per heavy atom. The first-order chi connectivity index (χ1) is 17.1. The summed E-state index contributed by atoms with van der Waals surface area (Å²) < 4.78 is 4.93. The van der Waals surface area contributed by atoms with Crippen LogP contribution in [0, 0.1) is 23.7 Å². The molecule has 202 valence electrons. The molecule has 0 aromatic heterocycles. The zero-order chi connectivity index (χ0) is 26.8. The number of nitrogens with zero attached hydrogens (tertiary/aromatic N) is 2. The Morgan fingerprint density at radius 1 is 1.31 bits per heavy atom. The van der Waals surface area contributed by atoms with E-state index in [0.717, 1.165) is 19.3 Å². The number of amides is 2. The summed E-state index contributed by atoms with van der Waals surface area (Å²) in [4.78, 5) is 45.4. The van der Waals surface area contributed by atoms with Crippen LogP contribution in [0.25, 0.3) is 0 Å². The summed E-state index contributed by atoms with van der Waals surface area (Å²) in [7, 11) is 0. The number of aliphatic hydroxyl groups is 1. The molecular formula is C28H44N2O5S. The van der Waals surface area contributed by atoms with Crippen molar-refractivity contribution < 1.29 is 24.2 Å². The molecule has 36 heavy (non-hydrogen) atoms. The lowest BCUT2D eigenvalue weighted by Crippen LogP contribution is -2.61. The van der Waals surface area contributed by atoms with Gasteiger partial charge >= 0.3 is 5.97 Å². The third-order valence-corrected chi connectivity index (χ3v) is 10.6. The molecule has 7 nitrogen and oxygen atoms in total. The summed E-state index contributed by atoms with van der Waals surface area (Å²) in [5, 5.41) is 10.4. The number of carbonyl (C=O) groups excluding carboxylic acids is 3. The molecule has 1 N–H and O–H groups in total. The maximum absolute atomic E-state index is 14.3. The lowest BCUT2D eigenvalue weighted by molar-refractivity contribution is -0.155. The van der Waals surface area contributed by atoms with Crippen LogP contribution in [0.15, 0.2) is 25.3 Å². The molecule has 0 radical (unpaired) electrons. The van der Waals surface area contributed by atoms with E-state index in [0.29, 0.717) is 19.6 Å². The van der Waals surface area contributed by atoms with E-state index in [1.807, 2.05) is 27.7 Å². The molecule has 2 amide bonds. The number of aliphatic hydroxyl groups excluding tert-OH is 1. The molecule has 2 bridgehead atoms. The Bertz CT molecular complexity index is 863. The Labute approximate surface area is 220 Å². The van der Waals surface area contributed by atoms with Crippen LogP contribution in [0.2, 0.25) is 0 Å². The first-order valence-corrected chi connectivity index (χ1v) is 14.3. The molecule has 3 saturated heterocycles. The Balaban J connectivity index is 2.08. The van der Waals surface area contributed by atoms with Gasteiger partial charge in [0.15, 0.2) is 0 Å². The number of fused-ring (bicyclic) bond motifs is 1. The van der Waals surface area contributed by atoms with E-state index in [1.165, 1.54) is 0 Å². The van der Waals surface area contributed by atoms with Crippen molar-refractivity contribution in [1.29, 1.82) is 0 Å². The number of esters is 1. The molecule has 0 aromatic carbocycles. The van der Waals surface area contributed by atoms with Gasteiger partial charge in [0.2, 0.25) is 11.8 Å². The van der Waals surface area contributed by atoms with E-state index in [1.54, 1.807) is 33.7 Å². The minimum absolute atomic E-state index is 0.00167. The third-order valence-electron chi connectivity index (χ3n) is 8.56. The molecule has 0 saturated carbocycles. The standard InChI is InChI=1S/C28H44N2O5S/c1-8-11-12-14-35-27(34)22-21-15-19(7)28(36-21)23(22)25(32)30(20(16-31)18(6)10-3)24(28)26(33)29(13-9-2)17(4)5/h8-9,17-24,31H,1-2,10-16H2,3-7H3/t18-,19?,20-,21+,22-,23-,24?,28?/m0/s1. The molecule has 0 aliphatic carbocycles. The zero-order valence-corrected chi connectivity index (χ0v) is 23.3. The Hall–Kier alpha value is -1.80. The Morgan fingerprint density at radius 3 is 2.56 bits per heavy atom. The summed E-state index contributed by atoms with van der Waals surface area (Å²) in [5.74, 6) is -1.80. The second kappa shape index (κ2) is 11.7. The maximum Gasteiger partial charge on any atom is 0.310 e. The quantitative estimate of drug-likeness (QED) is 0.227. The molecule has 3 aliphatic rings. The summed E-state index contributed by atoms with van der Waals surface area (Å²) in [5.41, 5.74) is 0. The second-order valence-electron chi connectivity index (χ2n) is 10.9. The van der Waals surface area contributed by atoms with Crippen LogP contribution in [-0.4, -0.2) is 80.6 Å².